The third kappa shape index (κ3) is 3.93. The highest BCUT2D eigenvalue weighted by Gasteiger charge is 2.34. The maximum Gasteiger partial charge on any atom is 0.246 e. The predicted octanol–water partition coefficient (Wildman–Crippen LogP) is 4.12. The number of fused-ring (bicyclic) bond motifs is 1. The number of hydrogen-bond acceptors (Lipinski definition) is 4. The Morgan fingerprint density at radius 1 is 1.23 bits per heavy atom. The highest BCUT2D eigenvalue weighted by atomic mass is 16.5. The minimum Gasteiger partial charge on any atom is -0.494 e. The molecule has 1 aliphatic heterocycles. The zero-order valence-electron chi connectivity index (χ0n) is 15.9. The lowest BCUT2D eigenvalue weighted by molar-refractivity contribution is -0.117. The number of carbonyl (C=O) groups excluding carboxylic acids is 1. The molecule has 0 aliphatic carbocycles. The maximum atomic E-state index is 12.8. The Kier molecular flexibility index (Phi) is 5.07. The van der Waals surface area contributed by atoms with Crippen LogP contribution in [0.15, 0.2) is 48.5 Å². The lowest BCUT2D eigenvalue weighted by Gasteiger charge is -2.44. The molecule has 3 rings (SSSR count). The summed E-state index contributed by atoms with van der Waals surface area (Å²) in [4.78, 5) is 15.0. The quantitative estimate of drug-likeness (QED) is 0.849. The molecule has 2 aromatic carbocycles. The molecule has 138 valence electrons. The van der Waals surface area contributed by atoms with Crippen molar-refractivity contribution in [3.8, 4) is 5.75 Å². The second kappa shape index (κ2) is 7.28. The van der Waals surface area contributed by atoms with Crippen molar-refractivity contribution in [2.24, 2.45) is 0 Å². The van der Waals surface area contributed by atoms with Gasteiger partial charge in [0, 0.05) is 17.8 Å². The molecule has 0 aromatic heterocycles. The van der Waals surface area contributed by atoms with E-state index >= 15 is 0 Å². The summed E-state index contributed by atoms with van der Waals surface area (Å²) in [7, 11) is 0. The lowest BCUT2D eigenvalue weighted by Crippen LogP contribution is -2.54. The fourth-order valence-corrected chi connectivity index (χ4v) is 3.28. The summed E-state index contributed by atoms with van der Waals surface area (Å²) in [6.45, 7) is 9.56. The number of benzene rings is 2. The summed E-state index contributed by atoms with van der Waals surface area (Å²) in [5.41, 5.74) is 2.78. The van der Waals surface area contributed by atoms with Gasteiger partial charge in [-0.1, -0.05) is 12.1 Å². The van der Waals surface area contributed by atoms with Gasteiger partial charge in [0.05, 0.1) is 18.0 Å². The lowest BCUT2D eigenvalue weighted by atomic mass is 9.97. The van der Waals surface area contributed by atoms with Crippen LogP contribution in [0.25, 0.3) is 0 Å². The Morgan fingerprint density at radius 3 is 2.62 bits per heavy atom. The van der Waals surface area contributed by atoms with Gasteiger partial charge in [-0.15, -0.1) is 0 Å². The van der Waals surface area contributed by atoms with Crippen molar-refractivity contribution < 1.29 is 9.53 Å². The normalized spacial score (nSPS) is 16.2. The fourth-order valence-electron chi connectivity index (χ4n) is 3.28. The SMILES string of the molecule is CCOc1ccc(NC(=O)C(C)N2CC(C)(C)Nc3ccccc32)cc1. The number of amides is 1. The van der Waals surface area contributed by atoms with E-state index in [1.54, 1.807) is 0 Å². The number of hydrogen-bond donors (Lipinski definition) is 2. The molecule has 1 atom stereocenters. The number of para-hydroxylation sites is 2. The van der Waals surface area contributed by atoms with Crippen LogP contribution >= 0.6 is 0 Å². The highest BCUT2D eigenvalue weighted by Crippen LogP contribution is 2.35. The van der Waals surface area contributed by atoms with Gasteiger partial charge in [-0.3, -0.25) is 4.79 Å². The Balaban J connectivity index is 1.75. The zero-order chi connectivity index (χ0) is 18.7. The van der Waals surface area contributed by atoms with Crippen LogP contribution < -0.4 is 20.3 Å². The Morgan fingerprint density at radius 2 is 1.92 bits per heavy atom. The van der Waals surface area contributed by atoms with Crippen molar-refractivity contribution >= 4 is 23.0 Å². The van der Waals surface area contributed by atoms with Gasteiger partial charge >= 0.3 is 0 Å². The molecule has 26 heavy (non-hydrogen) atoms. The van der Waals surface area contributed by atoms with Gasteiger partial charge in [-0.2, -0.15) is 0 Å². The number of nitrogens with zero attached hydrogens (tertiary/aromatic N) is 1. The van der Waals surface area contributed by atoms with Gasteiger partial charge in [0.2, 0.25) is 5.91 Å². The summed E-state index contributed by atoms with van der Waals surface area (Å²) < 4.78 is 5.44. The van der Waals surface area contributed by atoms with Gasteiger partial charge in [0.15, 0.2) is 0 Å². The first-order valence-corrected chi connectivity index (χ1v) is 9.07. The summed E-state index contributed by atoms with van der Waals surface area (Å²) in [6, 6.07) is 15.3. The van der Waals surface area contributed by atoms with Crippen molar-refractivity contribution in [2.45, 2.75) is 39.3 Å². The first kappa shape index (κ1) is 18.1. The zero-order valence-corrected chi connectivity index (χ0v) is 15.9. The molecular weight excluding hydrogens is 326 g/mol. The van der Waals surface area contributed by atoms with Crippen LogP contribution in [0.4, 0.5) is 17.1 Å². The van der Waals surface area contributed by atoms with Crippen LogP contribution in [0.1, 0.15) is 27.7 Å². The molecule has 0 spiro atoms. The third-order valence-electron chi connectivity index (χ3n) is 4.53. The van der Waals surface area contributed by atoms with Crippen LogP contribution in [0.2, 0.25) is 0 Å². The van der Waals surface area contributed by atoms with E-state index in [0.29, 0.717) is 6.61 Å². The Bertz CT molecular complexity index is 771. The number of rotatable bonds is 5. The largest absolute Gasteiger partial charge is 0.494 e. The molecular formula is C21H27N3O2. The van der Waals surface area contributed by atoms with Crippen molar-refractivity contribution in [2.75, 3.05) is 28.7 Å². The molecule has 5 heteroatoms. The van der Waals surface area contributed by atoms with E-state index in [-0.39, 0.29) is 17.5 Å². The molecule has 0 saturated carbocycles. The first-order chi connectivity index (χ1) is 12.4. The number of anilines is 3. The van der Waals surface area contributed by atoms with E-state index in [0.717, 1.165) is 29.4 Å². The van der Waals surface area contributed by atoms with Gasteiger partial charge in [-0.05, 0) is 64.1 Å². The molecule has 1 unspecified atom stereocenters. The molecule has 1 aliphatic rings. The third-order valence-corrected chi connectivity index (χ3v) is 4.53. The van der Waals surface area contributed by atoms with Crippen LogP contribution in [0.3, 0.4) is 0 Å². The second-order valence-electron chi connectivity index (χ2n) is 7.28. The minimum atomic E-state index is -0.288. The molecule has 2 aromatic rings. The summed E-state index contributed by atoms with van der Waals surface area (Å²) in [6.07, 6.45) is 0. The predicted molar refractivity (Wildman–Crippen MR) is 107 cm³/mol. The van der Waals surface area contributed by atoms with Crippen LogP contribution in [-0.2, 0) is 4.79 Å². The van der Waals surface area contributed by atoms with Crippen molar-refractivity contribution in [3.05, 3.63) is 48.5 Å². The molecule has 2 N–H and O–H groups in total. The second-order valence-corrected chi connectivity index (χ2v) is 7.28. The van der Waals surface area contributed by atoms with Gasteiger partial charge in [0.25, 0.3) is 0 Å². The van der Waals surface area contributed by atoms with Gasteiger partial charge in [0.1, 0.15) is 11.8 Å². The first-order valence-electron chi connectivity index (χ1n) is 9.07. The van der Waals surface area contributed by atoms with Crippen molar-refractivity contribution in [3.63, 3.8) is 0 Å². The number of ether oxygens (including phenoxy) is 1. The Hall–Kier alpha value is -2.69. The molecule has 5 nitrogen and oxygen atoms in total. The molecule has 0 bridgehead atoms. The van der Waals surface area contributed by atoms with Crippen LogP contribution in [0.5, 0.6) is 5.75 Å². The summed E-state index contributed by atoms with van der Waals surface area (Å²) in [5.74, 6) is 0.776. The topological polar surface area (TPSA) is 53.6 Å². The number of carbonyl (C=O) groups is 1. The van der Waals surface area contributed by atoms with Crippen molar-refractivity contribution in [1.82, 2.24) is 0 Å². The molecule has 0 saturated heterocycles. The van der Waals surface area contributed by atoms with E-state index in [1.165, 1.54) is 0 Å². The van der Waals surface area contributed by atoms with E-state index < -0.39 is 0 Å². The maximum absolute atomic E-state index is 12.8. The van der Waals surface area contributed by atoms with Crippen molar-refractivity contribution in [1.29, 1.82) is 0 Å². The smallest absolute Gasteiger partial charge is 0.246 e. The fraction of sp³-hybridized carbons (Fsp3) is 0.381. The van der Waals surface area contributed by atoms with Gasteiger partial charge in [-0.25, -0.2) is 0 Å². The molecule has 0 radical (unpaired) electrons. The van der Waals surface area contributed by atoms with E-state index in [2.05, 4.69) is 41.5 Å². The summed E-state index contributed by atoms with van der Waals surface area (Å²) in [5, 5.41) is 6.55. The van der Waals surface area contributed by atoms with Crippen LogP contribution in [0, 0.1) is 0 Å². The molecule has 1 heterocycles. The molecule has 1 amide bonds. The standard InChI is InChI=1S/C21H27N3O2/c1-5-26-17-12-10-16(11-13-17)22-20(25)15(2)24-14-21(3,4)23-18-8-6-7-9-19(18)24/h6-13,15,23H,5,14H2,1-4H3,(H,22,25). The van der Waals surface area contributed by atoms with Crippen LogP contribution in [-0.4, -0.2) is 30.6 Å². The van der Waals surface area contributed by atoms with Gasteiger partial charge < -0.3 is 20.3 Å². The highest BCUT2D eigenvalue weighted by molar-refractivity contribution is 5.97. The van der Waals surface area contributed by atoms with E-state index in [4.69, 9.17) is 4.74 Å². The average Bonchev–Trinajstić information content (AvgIpc) is 2.61. The minimum absolute atomic E-state index is 0.0262. The number of nitrogens with one attached hydrogen (secondary N) is 2. The molecule has 0 fully saturated rings. The van der Waals surface area contributed by atoms with E-state index in [9.17, 15) is 4.79 Å². The monoisotopic (exact) mass is 353 g/mol. The summed E-state index contributed by atoms with van der Waals surface area (Å²) >= 11 is 0. The average molecular weight is 353 g/mol. The Labute approximate surface area is 155 Å². The van der Waals surface area contributed by atoms with E-state index in [1.807, 2.05) is 50.2 Å².